The van der Waals surface area contributed by atoms with E-state index in [1.54, 1.807) is 10.6 Å². The molecule has 0 aromatic heterocycles. The van der Waals surface area contributed by atoms with E-state index in [1.807, 2.05) is 0 Å². The lowest BCUT2D eigenvalue weighted by Crippen LogP contribution is -2.21. The van der Waals surface area contributed by atoms with E-state index in [9.17, 15) is 0 Å². The number of hydrogen-bond acceptors (Lipinski definition) is 0. The summed E-state index contributed by atoms with van der Waals surface area (Å²) in [6.07, 6.45) is 28.6. The van der Waals surface area contributed by atoms with Crippen molar-refractivity contribution in [2.75, 3.05) is 37.0 Å². The molecular weight excluding hydrogens is 494 g/mol. The minimum atomic E-state index is -1.02. The fourth-order valence-electron chi connectivity index (χ4n) is 6.31. The first-order chi connectivity index (χ1) is 18.7. The van der Waals surface area contributed by atoms with Gasteiger partial charge in [0.15, 0.2) is 0 Å². The summed E-state index contributed by atoms with van der Waals surface area (Å²) in [5, 5.41) is 3.45. The van der Waals surface area contributed by atoms with Gasteiger partial charge < -0.3 is 0 Å². The van der Waals surface area contributed by atoms with E-state index >= 15 is 0 Å². The molecule has 0 N–H and O–H groups in total. The van der Waals surface area contributed by atoms with Crippen molar-refractivity contribution in [3.63, 3.8) is 0 Å². The highest BCUT2D eigenvalue weighted by atomic mass is 31.2. The molecule has 0 amide bonds. The van der Waals surface area contributed by atoms with Gasteiger partial charge in [-0.3, -0.25) is 0 Å². The fourth-order valence-corrected chi connectivity index (χ4v) is 16.2. The van der Waals surface area contributed by atoms with Crippen LogP contribution in [0.15, 0.2) is 60.7 Å². The van der Waals surface area contributed by atoms with Gasteiger partial charge >= 0.3 is 0 Å². The predicted molar refractivity (Wildman–Crippen MR) is 183 cm³/mol. The number of hydrogen-bond donors (Lipinski definition) is 0. The number of unbranched alkanes of at least 4 members (excludes halogenated alkanes) is 9. The maximum absolute atomic E-state index is 2.47. The molecule has 0 saturated heterocycles. The topological polar surface area (TPSA) is 0 Å². The third-order valence-electron chi connectivity index (χ3n) is 8.79. The van der Waals surface area contributed by atoms with E-state index in [-0.39, 0.29) is 0 Å². The minimum absolute atomic E-state index is 1.02. The van der Waals surface area contributed by atoms with Crippen LogP contribution >= 0.6 is 14.5 Å². The molecule has 0 atom stereocenters. The maximum atomic E-state index is 2.47. The Morgan fingerprint density at radius 2 is 0.605 bits per heavy atom. The van der Waals surface area contributed by atoms with Crippen LogP contribution in [0.3, 0.4) is 0 Å². The van der Waals surface area contributed by atoms with E-state index in [2.05, 4.69) is 88.4 Å². The van der Waals surface area contributed by atoms with E-state index < -0.39 is 14.5 Å². The lowest BCUT2D eigenvalue weighted by Gasteiger charge is -2.28. The second-order valence-corrected chi connectivity index (χ2v) is 20.1. The van der Waals surface area contributed by atoms with Crippen LogP contribution in [0, 0.1) is 0 Å². The number of benzene rings is 2. The molecule has 0 fully saturated rings. The van der Waals surface area contributed by atoms with Crippen LogP contribution in [-0.4, -0.2) is 37.0 Å². The summed E-state index contributed by atoms with van der Waals surface area (Å²) in [5.74, 6) is 0. The molecule has 2 aromatic rings. The largest absolute Gasteiger partial charge is 0.0939 e. The molecule has 0 aliphatic heterocycles. The normalized spacial score (nSPS) is 12.2. The first-order valence-electron chi connectivity index (χ1n) is 16.5. The van der Waals surface area contributed by atoms with Gasteiger partial charge in [0.05, 0.1) is 47.6 Å². The van der Waals surface area contributed by atoms with Crippen LogP contribution in [0.1, 0.15) is 118 Å². The van der Waals surface area contributed by atoms with Crippen molar-refractivity contribution in [2.45, 2.75) is 118 Å². The second kappa shape index (κ2) is 20.2. The SMILES string of the molecule is CCCC[P+](CCCC)(CCCCCCCC[P+](CCCC)(CCCC)c1ccccc1)c1ccccc1. The standard InChI is InChI=1S/C36H62P2/c1-5-9-29-37(30-10-6-2,35-25-19-17-20-26-35)33-23-15-13-14-16-24-34-38(31-11-7-3,32-12-8-4)36-27-21-18-22-28-36/h17-22,25-28H,5-16,23-24,29-34H2,1-4H3/q+2. The third kappa shape index (κ3) is 11.4. The van der Waals surface area contributed by atoms with Crippen LogP contribution < -0.4 is 10.6 Å². The Kier molecular flexibility index (Phi) is 17.8. The Labute approximate surface area is 239 Å². The van der Waals surface area contributed by atoms with Crippen molar-refractivity contribution < 1.29 is 0 Å². The molecule has 0 unspecified atom stereocenters. The molecule has 0 saturated carbocycles. The lowest BCUT2D eigenvalue weighted by atomic mass is 10.1. The van der Waals surface area contributed by atoms with Gasteiger partial charge in [0, 0.05) is 14.5 Å². The average Bonchev–Trinajstić information content (AvgIpc) is 2.97. The zero-order valence-electron chi connectivity index (χ0n) is 25.8. The summed E-state index contributed by atoms with van der Waals surface area (Å²) in [4.78, 5) is 0. The van der Waals surface area contributed by atoms with Crippen molar-refractivity contribution in [1.82, 2.24) is 0 Å². The Morgan fingerprint density at radius 1 is 0.342 bits per heavy atom. The molecule has 0 aliphatic rings. The first-order valence-corrected chi connectivity index (χ1v) is 21.2. The molecule has 0 spiro atoms. The maximum Gasteiger partial charge on any atom is 0.0939 e. The molecule has 214 valence electrons. The van der Waals surface area contributed by atoms with Crippen LogP contribution in [0.2, 0.25) is 0 Å². The Hall–Kier alpha value is -0.700. The number of rotatable bonds is 23. The Bertz CT molecular complexity index is 715. The van der Waals surface area contributed by atoms with E-state index in [0.717, 1.165) is 0 Å². The summed E-state index contributed by atoms with van der Waals surface area (Å²) in [6.45, 7) is 9.50. The van der Waals surface area contributed by atoms with Gasteiger partial charge in [-0.2, -0.15) is 0 Å². The molecule has 38 heavy (non-hydrogen) atoms. The van der Waals surface area contributed by atoms with Crippen molar-refractivity contribution in [3.8, 4) is 0 Å². The smallest absolute Gasteiger partial charge is 0.0652 e. The van der Waals surface area contributed by atoms with Crippen molar-refractivity contribution >= 4 is 25.1 Å². The van der Waals surface area contributed by atoms with Crippen LogP contribution in [-0.2, 0) is 0 Å². The summed E-state index contributed by atoms with van der Waals surface area (Å²) in [6, 6.07) is 23.5. The summed E-state index contributed by atoms with van der Waals surface area (Å²) >= 11 is 0. The fraction of sp³-hybridized carbons (Fsp3) is 0.667. The van der Waals surface area contributed by atoms with Gasteiger partial charge in [-0.1, -0.05) is 103 Å². The molecule has 2 heteroatoms. The first kappa shape index (κ1) is 33.5. The molecule has 0 heterocycles. The second-order valence-electron chi connectivity index (χ2n) is 11.8. The van der Waals surface area contributed by atoms with Gasteiger partial charge in [-0.25, -0.2) is 0 Å². The highest BCUT2D eigenvalue weighted by Crippen LogP contribution is 2.60. The van der Waals surface area contributed by atoms with Crippen LogP contribution in [0.5, 0.6) is 0 Å². The lowest BCUT2D eigenvalue weighted by molar-refractivity contribution is 0.626. The van der Waals surface area contributed by atoms with E-state index in [0.29, 0.717) is 0 Å². The van der Waals surface area contributed by atoms with E-state index in [4.69, 9.17) is 0 Å². The van der Waals surface area contributed by atoms with E-state index in [1.165, 1.54) is 127 Å². The quantitative estimate of drug-likeness (QED) is 0.0943. The monoisotopic (exact) mass is 556 g/mol. The summed E-state index contributed by atoms with van der Waals surface area (Å²) in [7, 11) is -2.03. The van der Waals surface area contributed by atoms with Gasteiger partial charge in [0.1, 0.15) is 0 Å². The zero-order valence-corrected chi connectivity index (χ0v) is 27.6. The average molecular weight is 557 g/mol. The van der Waals surface area contributed by atoms with Gasteiger partial charge in [-0.05, 0) is 75.6 Å². The van der Waals surface area contributed by atoms with Gasteiger partial charge in [-0.15, -0.1) is 0 Å². The van der Waals surface area contributed by atoms with Crippen molar-refractivity contribution in [2.24, 2.45) is 0 Å². The summed E-state index contributed by atoms with van der Waals surface area (Å²) in [5.41, 5.74) is 0. The molecule has 0 bridgehead atoms. The Balaban J connectivity index is 1.88. The summed E-state index contributed by atoms with van der Waals surface area (Å²) < 4.78 is 0. The predicted octanol–water partition coefficient (Wildman–Crippen LogP) is 11.2. The minimum Gasteiger partial charge on any atom is -0.0652 e. The van der Waals surface area contributed by atoms with Crippen molar-refractivity contribution in [3.05, 3.63) is 60.7 Å². The van der Waals surface area contributed by atoms with Gasteiger partial charge in [0.2, 0.25) is 0 Å². The molecule has 0 radical (unpaired) electrons. The van der Waals surface area contributed by atoms with Crippen LogP contribution in [0.25, 0.3) is 0 Å². The zero-order chi connectivity index (χ0) is 27.4. The molecule has 0 aliphatic carbocycles. The molecular formula is C36H62P2+2. The highest BCUT2D eigenvalue weighted by molar-refractivity contribution is 7.83. The highest BCUT2D eigenvalue weighted by Gasteiger charge is 2.39. The third-order valence-corrected chi connectivity index (χ3v) is 18.6. The Morgan fingerprint density at radius 3 is 0.895 bits per heavy atom. The van der Waals surface area contributed by atoms with Crippen LogP contribution in [0.4, 0.5) is 0 Å². The molecule has 2 rings (SSSR count). The van der Waals surface area contributed by atoms with Crippen molar-refractivity contribution in [1.29, 1.82) is 0 Å². The van der Waals surface area contributed by atoms with Gasteiger partial charge in [0.25, 0.3) is 0 Å². The molecule has 2 aromatic carbocycles. The molecule has 0 nitrogen and oxygen atoms in total.